The fourth-order valence-corrected chi connectivity index (χ4v) is 3.13. The van der Waals surface area contributed by atoms with Crippen molar-refractivity contribution in [3.05, 3.63) is 23.4 Å². The number of hydrogen-bond donors (Lipinski definition) is 1. The summed E-state index contributed by atoms with van der Waals surface area (Å²) >= 11 is 0. The number of aromatic nitrogens is 1. The van der Waals surface area contributed by atoms with Crippen molar-refractivity contribution in [3.8, 4) is 0 Å². The van der Waals surface area contributed by atoms with E-state index in [2.05, 4.69) is 57.0 Å². The molecular formula is C18H31N3. The molecule has 0 amide bonds. The fraction of sp³-hybridized carbons (Fsp3) is 0.722. The Bertz CT molecular complexity index is 456. The number of nitrogens with one attached hydrogen (secondary N) is 1. The van der Waals surface area contributed by atoms with E-state index in [1.54, 1.807) is 0 Å². The van der Waals surface area contributed by atoms with Gasteiger partial charge in [0.15, 0.2) is 0 Å². The monoisotopic (exact) mass is 289 g/mol. The zero-order valence-electron chi connectivity index (χ0n) is 14.3. The summed E-state index contributed by atoms with van der Waals surface area (Å²) in [6, 6.07) is 5.64. The van der Waals surface area contributed by atoms with Gasteiger partial charge in [0.05, 0.1) is 0 Å². The summed E-state index contributed by atoms with van der Waals surface area (Å²) in [6.07, 6.45) is 3.56. The predicted molar refractivity (Wildman–Crippen MR) is 90.8 cm³/mol. The molecule has 0 aromatic carbocycles. The van der Waals surface area contributed by atoms with E-state index >= 15 is 0 Å². The summed E-state index contributed by atoms with van der Waals surface area (Å²) in [4.78, 5) is 7.37. The van der Waals surface area contributed by atoms with Crippen LogP contribution in [0.1, 0.15) is 58.7 Å². The zero-order valence-corrected chi connectivity index (χ0v) is 14.3. The maximum Gasteiger partial charge on any atom is 0.129 e. The van der Waals surface area contributed by atoms with E-state index in [0.29, 0.717) is 12.1 Å². The maximum atomic E-state index is 4.88. The van der Waals surface area contributed by atoms with Crippen molar-refractivity contribution in [1.82, 2.24) is 10.3 Å². The van der Waals surface area contributed by atoms with Crippen LogP contribution >= 0.6 is 0 Å². The average molecular weight is 289 g/mol. The molecular weight excluding hydrogens is 258 g/mol. The molecule has 1 aromatic heterocycles. The van der Waals surface area contributed by atoms with Crippen LogP contribution < -0.4 is 10.2 Å². The second-order valence-corrected chi connectivity index (χ2v) is 6.89. The van der Waals surface area contributed by atoms with Crippen molar-refractivity contribution in [2.45, 2.75) is 72.5 Å². The first-order valence-electron chi connectivity index (χ1n) is 8.49. The van der Waals surface area contributed by atoms with Crippen LogP contribution in [0.4, 0.5) is 5.82 Å². The van der Waals surface area contributed by atoms with Crippen molar-refractivity contribution in [2.75, 3.05) is 11.4 Å². The minimum atomic E-state index is 0.515. The van der Waals surface area contributed by atoms with E-state index in [0.717, 1.165) is 25.4 Å². The van der Waals surface area contributed by atoms with Gasteiger partial charge in [0, 0.05) is 30.9 Å². The summed E-state index contributed by atoms with van der Waals surface area (Å²) in [5, 5.41) is 3.52. The van der Waals surface area contributed by atoms with E-state index < -0.39 is 0 Å². The molecule has 0 bridgehead atoms. The lowest BCUT2D eigenvalue weighted by Gasteiger charge is -2.37. The number of anilines is 1. The van der Waals surface area contributed by atoms with Gasteiger partial charge in [-0.05, 0) is 49.8 Å². The van der Waals surface area contributed by atoms with Crippen LogP contribution in [0.15, 0.2) is 12.1 Å². The zero-order chi connectivity index (χ0) is 15.4. The topological polar surface area (TPSA) is 28.2 Å². The molecule has 1 N–H and O–H groups in total. The van der Waals surface area contributed by atoms with Crippen molar-refractivity contribution in [1.29, 1.82) is 0 Å². The Balaban J connectivity index is 2.19. The Labute approximate surface area is 130 Å². The van der Waals surface area contributed by atoms with Gasteiger partial charge < -0.3 is 10.2 Å². The highest BCUT2D eigenvalue weighted by Crippen LogP contribution is 2.27. The largest absolute Gasteiger partial charge is 0.354 e. The number of nitrogens with zero attached hydrogens (tertiary/aromatic N) is 2. The molecule has 1 aliphatic rings. The molecule has 2 heterocycles. The fourth-order valence-electron chi connectivity index (χ4n) is 3.13. The van der Waals surface area contributed by atoms with E-state index in [-0.39, 0.29) is 0 Å². The molecule has 0 saturated carbocycles. The lowest BCUT2D eigenvalue weighted by atomic mass is 9.93. The van der Waals surface area contributed by atoms with Crippen molar-refractivity contribution < 1.29 is 0 Å². The van der Waals surface area contributed by atoms with Crippen LogP contribution in [-0.4, -0.2) is 23.6 Å². The van der Waals surface area contributed by atoms with E-state index in [1.807, 2.05) is 0 Å². The molecule has 3 nitrogen and oxygen atoms in total. The first-order chi connectivity index (χ1) is 9.99. The Morgan fingerprint density at radius 2 is 2.10 bits per heavy atom. The summed E-state index contributed by atoms with van der Waals surface area (Å²) in [7, 11) is 0. The van der Waals surface area contributed by atoms with Crippen LogP contribution in [0.25, 0.3) is 0 Å². The Hall–Kier alpha value is -1.09. The molecule has 1 aromatic rings. The van der Waals surface area contributed by atoms with Crippen LogP contribution in [-0.2, 0) is 13.0 Å². The molecule has 21 heavy (non-hydrogen) atoms. The summed E-state index contributed by atoms with van der Waals surface area (Å²) in [6.45, 7) is 13.3. The second kappa shape index (κ2) is 7.26. The second-order valence-electron chi connectivity index (χ2n) is 6.89. The third-order valence-corrected chi connectivity index (χ3v) is 4.43. The molecule has 1 aliphatic heterocycles. The predicted octanol–water partition coefficient (Wildman–Crippen LogP) is 3.77. The molecule has 1 saturated heterocycles. The molecule has 0 aliphatic carbocycles. The number of aryl methyl sites for hydroxylation is 1. The highest BCUT2D eigenvalue weighted by atomic mass is 15.2. The van der Waals surface area contributed by atoms with Gasteiger partial charge in [-0.15, -0.1) is 0 Å². The molecule has 118 valence electrons. The highest BCUT2D eigenvalue weighted by Gasteiger charge is 2.24. The molecule has 1 fully saturated rings. The van der Waals surface area contributed by atoms with Crippen LogP contribution in [0.2, 0.25) is 0 Å². The summed E-state index contributed by atoms with van der Waals surface area (Å²) < 4.78 is 0. The van der Waals surface area contributed by atoms with Gasteiger partial charge in [-0.2, -0.15) is 0 Å². The standard InChI is InChI=1S/C18H31N3/c1-6-17-10-16(12-19-13(2)3)11-18(20-17)21-8-7-14(4)9-15(21)5/h10-11,13-15,19H,6-9,12H2,1-5H3. The van der Waals surface area contributed by atoms with E-state index in [9.17, 15) is 0 Å². The molecule has 2 atom stereocenters. The number of pyridine rings is 1. The Morgan fingerprint density at radius 1 is 1.33 bits per heavy atom. The van der Waals surface area contributed by atoms with Crippen molar-refractivity contribution in [2.24, 2.45) is 5.92 Å². The molecule has 0 radical (unpaired) electrons. The summed E-state index contributed by atoms with van der Waals surface area (Å²) in [5.74, 6) is 2.02. The van der Waals surface area contributed by atoms with Gasteiger partial charge in [0.2, 0.25) is 0 Å². The average Bonchev–Trinajstić information content (AvgIpc) is 2.44. The first-order valence-corrected chi connectivity index (χ1v) is 8.49. The maximum absolute atomic E-state index is 4.88. The summed E-state index contributed by atoms with van der Waals surface area (Å²) in [5.41, 5.74) is 2.57. The van der Waals surface area contributed by atoms with E-state index in [4.69, 9.17) is 4.98 Å². The van der Waals surface area contributed by atoms with Crippen LogP contribution in [0.3, 0.4) is 0 Å². The smallest absolute Gasteiger partial charge is 0.129 e. The van der Waals surface area contributed by atoms with Crippen LogP contribution in [0, 0.1) is 5.92 Å². The minimum absolute atomic E-state index is 0.515. The van der Waals surface area contributed by atoms with Gasteiger partial charge in [-0.1, -0.05) is 27.7 Å². The Kier molecular flexibility index (Phi) is 5.63. The van der Waals surface area contributed by atoms with E-state index in [1.165, 1.54) is 29.9 Å². The molecule has 2 rings (SSSR count). The minimum Gasteiger partial charge on any atom is -0.354 e. The SMILES string of the molecule is CCc1cc(CNC(C)C)cc(N2CCC(C)CC2C)n1. The lowest BCUT2D eigenvalue weighted by molar-refractivity contribution is 0.376. The Morgan fingerprint density at radius 3 is 2.71 bits per heavy atom. The normalized spacial score (nSPS) is 22.9. The van der Waals surface area contributed by atoms with Gasteiger partial charge in [0.1, 0.15) is 5.82 Å². The number of hydrogen-bond acceptors (Lipinski definition) is 3. The molecule has 3 heteroatoms. The van der Waals surface area contributed by atoms with Crippen molar-refractivity contribution >= 4 is 5.82 Å². The van der Waals surface area contributed by atoms with Gasteiger partial charge in [-0.25, -0.2) is 4.98 Å². The van der Waals surface area contributed by atoms with Crippen LogP contribution in [0.5, 0.6) is 0 Å². The van der Waals surface area contributed by atoms with Gasteiger partial charge in [-0.3, -0.25) is 0 Å². The molecule has 0 spiro atoms. The van der Waals surface area contributed by atoms with Gasteiger partial charge >= 0.3 is 0 Å². The third-order valence-electron chi connectivity index (χ3n) is 4.43. The third kappa shape index (κ3) is 4.44. The molecule has 2 unspecified atom stereocenters. The quantitative estimate of drug-likeness (QED) is 0.894. The number of piperidine rings is 1. The van der Waals surface area contributed by atoms with Gasteiger partial charge in [0.25, 0.3) is 0 Å². The number of rotatable bonds is 5. The highest BCUT2D eigenvalue weighted by molar-refractivity contribution is 5.44. The van der Waals surface area contributed by atoms with Crippen molar-refractivity contribution in [3.63, 3.8) is 0 Å². The first kappa shape index (κ1) is 16.3. The lowest BCUT2D eigenvalue weighted by Crippen LogP contribution is -2.41.